The van der Waals surface area contributed by atoms with Crippen molar-refractivity contribution in [1.82, 2.24) is 15.0 Å². The summed E-state index contributed by atoms with van der Waals surface area (Å²) >= 11 is 3.66. The van der Waals surface area contributed by atoms with Crippen molar-refractivity contribution in [2.75, 3.05) is 0 Å². The van der Waals surface area contributed by atoms with Gasteiger partial charge in [-0.05, 0) is 80.8 Å². The minimum Gasteiger partial charge on any atom is -0.456 e. The van der Waals surface area contributed by atoms with Crippen LogP contribution in [0, 0.1) is 0 Å². The zero-order valence-corrected chi connectivity index (χ0v) is 31.8. The van der Waals surface area contributed by atoms with E-state index in [1.54, 1.807) is 0 Å². The number of hydrogen-bond donors (Lipinski definition) is 0. The summed E-state index contributed by atoms with van der Waals surface area (Å²) in [5.74, 6) is 1.89. The van der Waals surface area contributed by atoms with Crippen molar-refractivity contribution < 1.29 is 4.42 Å². The third-order valence-corrected chi connectivity index (χ3v) is 13.9. The molecule has 6 heteroatoms. The Morgan fingerprint density at radius 3 is 1.42 bits per heavy atom. The Hall–Kier alpha value is -6.99. The molecule has 0 N–H and O–H groups in total. The molecule has 0 aliphatic carbocycles. The lowest BCUT2D eigenvalue weighted by atomic mass is 9.98. The number of aromatic nitrogens is 3. The van der Waals surface area contributed by atoms with Gasteiger partial charge >= 0.3 is 0 Å². The maximum atomic E-state index is 6.57. The minimum atomic E-state index is 0.601. The van der Waals surface area contributed by atoms with Crippen LogP contribution in [0.4, 0.5) is 0 Å². The number of furan rings is 1. The molecule has 0 atom stereocenters. The molecule has 264 valence electrons. The predicted molar refractivity (Wildman–Crippen MR) is 242 cm³/mol. The second-order valence-corrected chi connectivity index (χ2v) is 16.8. The molecule has 0 radical (unpaired) electrons. The average molecular weight is 762 g/mol. The van der Waals surface area contributed by atoms with Gasteiger partial charge in [0.1, 0.15) is 11.2 Å². The molecule has 57 heavy (non-hydrogen) atoms. The zero-order valence-electron chi connectivity index (χ0n) is 30.2. The van der Waals surface area contributed by atoms with Crippen molar-refractivity contribution in [3.05, 3.63) is 164 Å². The minimum absolute atomic E-state index is 0.601. The van der Waals surface area contributed by atoms with Crippen LogP contribution in [0.25, 0.3) is 129 Å². The number of benzene rings is 9. The Kier molecular flexibility index (Phi) is 6.45. The number of thiophene rings is 2. The van der Waals surface area contributed by atoms with Crippen molar-refractivity contribution in [2.24, 2.45) is 0 Å². The Bertz CT molecular complexity index is 3660. The SMILES string of the molecule is c1ccc2cc3c(cc2c1)oc1cc(-c2nc(-c4cc5ccccc5c5sc6ccccc6c45)nc(-c4cc5ccccc5c5sc6ccccc6c45)n2)ccc13. The van der Waals surface area contributed by atoms with E-state index in [4.69, 9.17) is 19.4 Å². The quantitative estimate of drug-likeness (QED) is 0.180. The Labute approximate surface area is 332 Å². The van der Waals surface area contributed by atoms with Crippen LogP contribution >= 0.6 is 22.7 Å². The van der Waals surface area contributed by atoms with Gasteiger partial charge in [0.15, 0.2) is 17.5 Å². The van der Waals surface area contributed by atoms with Gasteiger partial charge in [-0.2, -0.15) is 0 Å². The van der Waals surface area contributed by atoms with Crippen LogP contribution in [0.1, 0.15) is 0 Å². The van der Waals surface area contributed by atoms with Crippen molar-refractivity contribution in [1.29, 1.82) is 0 Å². The third kappa shape index (κ3) is 4.63. The first-order valence-corrected chi connectivity index (χ1v) is 20.6. The largest absolute Gasteiger partial charge is 0.456 e. The van der Waals surface area contributed by atoms with Gasteiger partial charge < -0.3 is 4.42 Å². The molecule has 4 aromatic heterocycles. The first-order chi connectivity index (χ1) is 28.2. The number of hydrogen-bond acceptors (Lipinski definition) is 6. The monoisotopic (exact) mass is 761 g/mol. The van der Waals surface area contributed by atoms with E-state index in [0.29, 0.717) is 17.5 Å². The summed E-state index contributed by atoms with van der Waals surface area (Å²) in [6.45, 7) is 0. The van der Waals surface area contributed by atoms with Crippen LogP contribution in [-0.2, 0) is 0 Å². The molecule has 0 bridgehead atoms. The maximum absolute atomic E-state index is 6.57. The summed E-state index contributed by atoms with van der Waals surface area (Å²) in [6, 6.07) is 58.3. The summed E-state index contributed by atoms with van der Waals surface area (Å²) in [5, 5.41) is 14.0. The smallest absolute Gasteiger partial charge is 0.164 e. The first-order valence-electron chi connectivity index (χ1n) is 19.0. The molecule has 13 rings (SSSR count). The fourth-order valence-electron chi connectivity index (χ4n) is 8.82. The molecule has 0 unspecified atom stereocenters. The van der Waals surface area contributed by atoms with Crippen LogP contribution < -0.4 is 0 Å². The van der Waals surface area contributed by atoms with E-state index in [0.717, 1.165) is 54.8 Å². The van der Waals surface area contributed by atoms with E-state index in [2.05, 4.69) is 164 Å². The van der Waals surface area contributed by atoms with Gasteiger partial charge in [0.2, 0.25) is 0 Å². The van der Waals surface area contributed by atoms with Gasteiger partial charge in [-0.1, -0.05) is 115 Å². The first kappa shape index (κ1) is 31.2. The van der Waals surface area contributed by atoms with Gasteiger partial charge in [-0.25, -0.2) is 15.0 Å². The van der Waals surface area contributed by atoms with Crippen LogP contribution in [0.15, 0.2) is 168 Å². The molecule has 13 aromatic rings. The Morgan fingerprint density at radius 1 is 0.351 bits per heavy atom. The highest BCUT2D eigenvalue weighted by molar-refractivity contribution is 7.27. The molecule has 0 saturated heterocycles. The number of rotatable bonds is 3. The summed E-state index contributed by atoms with van der Waals surface area (Å²) in [7, 11) is 0. The summed E-state index contributed by atoms with van der Waals surface area (Å²) in [5.41, 5.74) is 4.53. The Morgan fingerprint density at radius 2 is 0.825 bits per heavy atom. The second-order valence-electron chi connectivity index (χ2n) is 14.7. The molecule has 0 aliphatic heterocycles. The van der Waals surface area contributed by atoms with Gasteiger partial charge in [0, 0.05) is 67.8 Å². The molecular weight excluding hydrogens is 735 g/mol. The number of fused-ring (bicyclic) bond motifs is 14. The highest BCUT2D eigenvalue weighted by atomic mass is 32.1. The maximum Gasteiger partial charge on any atom is 0.164 e. The van der Waals surface area contributed by atoms with Gasteiger partial charge in [-0.15, -0.1) is 22.7 Å². The van der Waals surface area contributed by atoms with E-state index in [9.17, 15) is 0 Å². The molecular formula is C51H27N3OS2. The van der Waals surface area contributed by atoms with Crippen molar-refractivity contribution in [3.8, 4) is 34.2 Å². The van der Waals surface area contributed by atoms with Crippen LogP contribution in [-0.4, -0.2) is 15.0 Å². The van der Waals surface area contributed by atoms with E-state index < -0.39 is 0 Å². The highest BCUT2D eigenvalue weighted by Crippen LogP contribution is 2.46. The molecule has 9 aromatic carbocycles. The molecule has 0 amide bonds. The average Bonchev–Trinajstić information content (AvgIpc) is 3.96. The Balaban J connectivity index is 1.13. The normalized spacial score (nSPS) is 12.2. The molecule has 0 aliphatic rings. The summed E-state index contributed by atoms with van der Waals surface area (Å²) < 4.78 is 11.5. The fourth-order valence-corrected chi connectivity index (χ4v) is 11.3. The topological polar surface area (TPSA) is 51.8 Å². The third-order valence-electron chi connectivity index (χ3n) is 11.5. The lowest BCUT2D eigenvalue weighted by molar-refractivity contribution is 0.669. The molecule has 0 fully saturated rings. The lowest BCUT2D eigenvalue weighted by Crippen LogP contribution is -2.01. The second kappa shape index (κ2) is 11.8. The highest BCUT2D eigenvalue weighted by Gasteiger charge is 2.22. The van der Waals surface area contributed by atoms with Gasteiger partial charge in [0.25, 0.3) is 0 Å². The van der Waals surface area contributed by atoms with Crippen molar-refractivity contribution in [3.63, 3.8) is 0 Å². The van der Waals surface area contributed by atoms with Crippen LogP contribution in [0.2, 0.25) is 0 Å². The molecule has 4 nitrogen and oxygen atoms in total. The van der Waals surface area contributed by atoms with E-state index >= 15 is 0 Å². The fraction of sp³-hybridized carbons (Fsp3) is 0. The van der Waals surface area contributed by atoms with Crippen molar-refractivity contribution in [2.45, 2.75) is 0 Å². The predicted octanol–water partition coefficient (Wildman–Crippen LogP) is 15.0. The summed E-state index contributed by atoms with van der Waals surface area (Å²) in [6.07, 6.45) is 0. The van der Waals surface area contributed by atoms with Gasteiger partial charge in [-0.3, -0.25) is 0 Å². The lowest BCUT2D eigenvalue weighted by Gasteiger charge is -2.13. The van der Waals surface area contributed by atoms with E-state index in [1.165, 1.54) is 56.5 Å². The van der Waals surface area contributed by atoms with Crippen LogP contribution in [0.3, 0.4) is 0 Å². The molecule has 0 spiro atoms. The van der Waals surface area contributed by atoms with Crippen molar-refractivity contribution >= 4 is 117 Å². The molecule has 0 saturated carbocycles. The van der Waals surface area contributed by atoms with Gasteiger partial charge in [0.05, 0.1) is 0 Å². The standard InChI is InChI=1S/C51H27N3OS2/c1-2-12-29-26-42-38(23-28(29)11-1)35-22-21-32(27-41(35)55-42)49-52-50(39-24-30-13-3-5-15-33(30)47-45(39)36-17-7-9-19-43(36)56-47)54-51(53-49)40-25-31-14-4-6-16-34(31)48-46(40)37-18-8-10-20-44(37)57-48/h1-27H. The number of nitrogens with zero attached hydrogens (tertiary/aromatic N) is 3. The van der Waals surface area contributed by atoms with E-state index in [-0.39, 0.29) is 0 Å². The zero-order chi connectivity index (χ0) is 37.2. The van der Waals surface area contributed by atoms with E-state index in [1.807, 2.05) is 22.7 Å². The van der Waals surface area contributed by atoms with Crippen LogP contribution in [0.5, 0.6) is 0 Å². The molecule has 4 heterocycles. The summed E-state index contributed by atoms with van der Waals surface area (Å²) in [4.78, 5) is 16.2.